The Bertz CT molecular complexity index is 957. The summed E-state index contributed by atoms with van der Waals surface area (Å²) in [6, 6.07) is 8.14. The molecule has 1 heterocycles. The van der Waals surface area contributed by atoms with Crippen LogP contribution in [0.15, 0.2) is 36.4 Å². The Morgan fingerprint density at radius 2 is 1.85 bits per heavy atom. The summed E-state index contributed by atoms with van der Waals surface area (Å²) in [4.78, 5) is 11.3. The van der Waals surface area contributed by atoms with E-state index in [2.05, 4.69) is 43.5 Å². The fourth-order valence-electron chi connectivity index (χ4n) is 4.21. The first-order valence-corrected chi connectivity index (χ1v) is 11.1. The zero-order chi connectivity index (χ0) is 24.2. The van der Waals surface area contributed by atoms with Crippen LogP contribution in [-0.2, 0) is 12.8 Å². The predicted molar refractivity (Wildman–Crippen MR) is 121 cm³/mol. The quantitative estimate of drug-likeness (QED) is 0.472. The highest BCUT2D eigenvalue weighted by molar-refractivity contribution is 5.65. The lowest BCUT2D eigenvalue weighted by Crippen LogP contribution is -2.49. The second-order valence-electron chi connectivity index (χ2n) is 9.81. The van der Waals surface area contributed by atoms with E-state index < -0.39 is 29.9 Å². The first-order valence-electron chi connectivity index (χ1n) is 11.1. The fourth-order valence-corrected chi connectivity index (χ4v) is 4.21. The van der Waals surface area contributed by atoms with Crippen molar-refractivity contribution in [1.29, 1.82) is 0 Å². The van der Waals surface area contributed by atoms with Gasteiger partial charge in [0.25, 0.3) is 0 Å². The Hall–Kier alpha value is -2.71. The molecule has 3 rings (SSSR count). The Morgan fingerprint density at radius 1 is 1.15 bits per heavy atom. The van der Waals surface area contributed by atoms with E-state index in [1.165, 1.54) is 5.56 Å². The van der Waals surface area contributed by atoms with Crippen LogP contribution in [-0.4, -0.2) is 41.6 Å². The molecule has 2 aromatic carbocycles. The molecule has 1 aliphatic heterocycles. The molecule has 33 heavy (non-hydrogen) atoms. The minimum atomic E-state index is -1.32. The summed E-state index contributed by atoms with van der Waals surface area (Å²) >= 11 is 0. The van der Waals surface area contributed by atoms with Crippen LogP contribution in [0.4, 0.5) is 13.6 Å². The maximum Gasteiger partial charge on any atom is 0.404 e. The average Bonchev–Trinajstić information content (AvgIpc) is 2.69. The number of carboxylic acid groups (broad SMARTS) is 1. The van der Waals surface area contributed by atoms with Crippen molar-refractivity contribution >= 4 is 6.09 Å². The van der Waals surface area contributed by atoms with Crippen LogP contribution in [0.1, 0.15) is 49.9 Å². The van der Waals surface area contributed by atoms with E-state index >= 15 is 0 Å². The topological polar surface area (TPSA) is 90.8 Å². The van der Waals surface area contributed by atoms with Crippen LogP contribution in [0.5, 0.6) is 5.75 Å². The number of nitrogens with one attached hydrogen (secondary N) is 2. The van der Waals surface area contributed by atoms with Crippen molar-refractivity contribution in [2.45, 2.75) is 58.2 Å². The third-order valence-electron chi connectivity index (χ3n) is 5.57. The normalized spacial score (nSPS) is 17.6. The van der Waals surface area contributed by atoms with Gasteiger partial charge in [0.15, 0.2) is 0 Å². The van der Waals surface area contributed by atoms with Gasteiger partial charge in [0, 0.05) is 30.6 Å². The standard InChI is InChI=1S/C25H32F2N2O4/c1-25(2,3)13-15-4-5-23-19(10-15)20(6-7-33-23)28-14-22(30)21(29-24(31)32)11-16-8-17(26)12-18(27)9-16/h4-5,8-10,12,20-22,28-30H,6-7,11,13-14H2,1-3H3,(H,31,32)/t20?,21-,22-/m0/s1. The molecule has 0 saturated carbocycles. The Balaban J connectivity index is 1.70. The van der Waals surface area contributed by atoms with Gasteiger partial charge >= 0.3 is 6.09 Å². The molecule has 0 fully saturated rings. The average molecular weight is 463 g/mol. The molecule has 3 atom stereocenters. The summed E-state index contributed by atoms with van der Waals surface area (Å²) in [6.45, 7) is 7.15. The fraction of sp³-hybridized carbons (Fsp3) is 0.480. The van der Waals surface area contributed by atoms with Gasteiger partial charge in [-0.15, -0.1) is 0 Å². The lowest BCUT2D eigenvalue weighted by atomic mass is 9.86. The van der Waals surface area contributed by atoms with Gasteiger partial charge < -0.3 is 25.6 Å². The van der Waals surface area contributed by atoms with Crippen LogP contribution < -0.4 is 15.4 Å². The molecule has 1 amide bonds. The van der Waals surface area contributed by atoms with Crippen molar-refractivity contribution in [3.05, 3.63) is 64.7 Å². The van der Waals surface area contributed by atoms with Gasteiger partial charge in [-0.05, 0) is 47.6 Å². The number of fused-ring (bicyclic) bond motifs is 1. The van der Waals surface area contributed by atoms with Gasteiger partial charge in [-0.1, -0.05) is 32.9 Å². The summed E-state index contributed by atoms with van der Waals surface area (Å²) in [7, 11) is 0. The van der Waals surface area contributed by atoms with Crippen molar-refractivity contribution < 1.29 is 28.5 Å². The summed E-state index contributed by atoms with van der Waals surface area (Å²) < 4.78 is 32.9. The molecule has 1 aliphatic rings. The van der Waals surface area contributed by atoms with E-state index in [9.17, 15) is 23.8 Å². The molecule has 4 N–H and O–H groups in total. The van der Waals surface area contributed by atoms with Crippen molar-refractivity contribution in [2.24, 2.45) is 5.41 Å². The summed E-state index contributed by atoms with van der Waals surface area (Å²) in [6.07, 6.45) is -0.880. The van der Waals surface area contributed by atoms with Crippen LogP contribution in [0.3, 0.4) is 0 Å². The van der Waals surface area contributed by atoms with Crippen molar-refractivity contribution in [3.8, 4) is 5.75 Å². The van der Waals surface area contributed by atoms with Crippen molar-refractivity contribution in [1.82, 2.24) is 10.6 Å². The molecule has 8 heteroatoms. The van der Waals surface area contributed by atoms with Crippen LogP contribution in [0.2, 0.25) is 0 Å². The number of hydrogen-bond acceptors (Lipinski definition) is 4. The van der Waals surface area contributed by atoms with Crippen LogP contribution in [0, 0.1) is 17.0 Å². The predicted octanol–water partition coefficient (Wildman–Crippen LogP) is 4.21. The van der Waals surface area contributed by atoms with E-state index in [0.717, 1.165) is 35.9 Å². The lowest BCUT2D eigenvalue weighted by molar-refractivity contribution is 0.112. The second-order valence-corrected chi connectivity index (χ2v) is 9.81. The van der Waals surface area contributed by atoms with Gasteiger partial charge in [-0.2, -0.15) is 0 Å². The number of hydrogen-bond donors (Lipinski definition) is 4. The Morgan fingerprint density at radius 3 is 2.48 bits per heavy atom. The molecule has 180 valence electrons. The molecule has 1 unspecified atom stereocenters. The third-order valence-corrected chi connectivity index (χ3v) is 5.57. The van der Waals surface area contributed by atoms with Crippen LogP contribution >= 0.6 is 0 Å². The van der Waals surface area contributed by atoms with Gasteiger partial charge in [0.05, 0.1) is 18.8 Å². The number of ether oxygens (including phenoxy) is 1. The van der Waals surface area contributed by atoms with E-state index in [1.807, 2.05) is 6.07 Å². The van der Waals surface area contributed by atoms with Crippen molar-refractivity contribution in [2.75, 3.05) is 13.2 Å². The number of amides is 1. The maximum atomic E-state index is 13.5. The zero-order valence-electron chi connectivity index (χ0n) is 19.2. The van der Waals surface area contributed by atoms with E-state index in [-0.39, 0.29) is 30.0 Å². The van der Waals surface area contributed by atoms with Gasteiger partial charge in [0.1, 0.15) is 17.4 Å². The highest BCUT2D eigenvalue weighted by Crippen LogP contribution is 2.34. The number of halogens is 2. The zero-order valence-corrected chi connectivity index (χ0v) is 19.2. The largest absolute Gasteiger partial charge is 0.493 e. The monoisotopic (exact) mass is 462 g/mol. The summed E-state index contributed by atoms with van der Waals surface area (Å²) in [5.74, 6) is -0.713. The number of benzene rings is 2. The molecule has 6 nitrogen and oxygen atoms in total. The van der Waals surface area contributed by atoms with E-state index in [1.54, 1.807) is 0 Å². The third kappa shape index (κ3) is 7.40. The van der Waals surface area contributed by atoms with E-state index in [0.29, 0.717) is 13.0 Å². The molecular formula is C25H32F2N2O4. The summed E-state index contributed by atoms with van der Waals surface area (Å²) in [5.41, 5.74) is 2.59. The molecule has 2 aromatic rings. The first kappa shape index (κ1) is 24.9. The molecule has 0 bridgehead atoms. The second kappa shape index (κ2) is 10.5. The van der Waals surface area contributed by atoms with E-state index in [4.69, 9.17) is 4.74 Å². The molecule has 0 aromatic heterocycles. The molecule has 0 aliphatic carbocycles. The maximum absolute atomic E-state index is 13.5. The number of rotatable bonds is 8. The molecular weight excluding hydrogens is 430 g/mol. The lowest BCUT2D eigenvalue weighted by Gasteiger charge is -2.30. The molecule has 0 spiro atoms. The minimum absolute atomic E-state index is 0.0517. The van der Waals surface area contributed by atoms with Gasteiger partial charge in [-0.25, -0.2) is 13.6 Å². The number of aliphatic hydroxyl groups is 1. The number of carbonyl (C=O) groups is 1. The highest BCUT2D eigenvalue weighted by atomic mass is 19.1. The number of aliphatic hydroxyl groups excluding tert-OH is 1. The SMILES string of the molecule is CC(C)(C)Cc1ccc2c(c1)C(NC[C@H](O)[C@H](Cc1cc(F)cc(F)c1)NC(=O)O)CCO2. The summed E-state index contributed by atoms with van der Waals surface area (Å²) in [5, 5.41) is 25.5. The first-order chi connectivity index (χ1) is 15.5. The smallest absolute Gasteiger partial charge is 0.404 e. The van der Waals surface area contributed by atoms with Crippen LogP contribution in [0.25, 0.3) is 0 Å². The highest BCUT2D eigenvalue weighted by Gasteiger charge is 2.26. The Labute approximate surface area is 193 Å². The minimum Gasteiger partial charge on any atom is -0.493 e. The Kier molecular flexibility index (Phi) is 7.92. The van der Waals surface area contributed by atoms with Crippen molar-refractivity contribution in [3.63, 3.8) is 0 Å². The molecule has 0 saturated heterocycles. The van der Waals surface area contributed by atoms with Gasteiger partial charge in [-0.3, -0.25) is 0 Å². The molecule has 0 radical (unpaired) electrons. The van der Waals surface area contributed by atoms with Gasteiger partial charge in [0.2, 0.25) is 0 Å².